The minimum absolute atomic E-state index is 0.215. The molecule has 2 aromatic rings. The van der Waals surface area contributed by atoms with Crippen molar-refractivity contribution in [3.8, 4) is 11.8 Å². The molecule has 1 fully saturated rings. The Balaban J connectivity index is 1.73. The fourth-order valence-electron chi connectivity index (χ4n) is 3.33. The number of aromatic nitrogens is 2. The number of benzene rings is 1. The second kappa shape index (κ2) is 4.70. The molecule has 110 valence electrons. The van der Waals surface area contributed by atoms with Crippen molar-refractivity contribution in [2.75, 3.05) is 18.6 Å². The van der Waals surface area contributed by atoms with Crippen LogP contribution >= 0.6 is 0 Å². The van der Waals surface area contributed by atoms with Gasteiger partial charge in [-0.1, -0.05) is 6.07 Å². The lowest BCUT2D eigenvalue weighted by atomic mass is 9.87. The van der Waals surface area contributed by atoms with Crippen molar-refractivity contribution in [2.24, 2.45) is 0 Å². The number of methoxy groups -OCH3 is 1. The molecule has 1 saturated carbocycles. The molecule has 0 bridgehead atoms. The molecule has 0 saturated heterocycles. The molecular weight excluding hydrogens is 276 g/mol. The van der Waals surface area contributed by atoms with Crippen LogP contribution in [-0.4, -0.2) is 23.6 Å². The molecule has 0 radical (unpaired) electrons. The van der Waals surface area contributed by atoms with Crippen molar-refractivity contribution >= 4 is 5.82 Å². The van der Waals surface area contributed by atoms with Crippen LogP contribution in [0, 0.1) is 11.3 Å². The Morgan fingerprint density at radius 2 is 2.18 bits per heavy atom. The topological polar surface area (TPSA) is 62.0 Å². The largest absolute Gasteiger partial charge is 0.497 e. The van der Waals surface area contributed by atoms with E-state index in [1.807, 2.05) is 6.07 Å². The first-order valence-corrected chi connectivity index (χ1v) is 7.39. The van der Waals surface area contributed by atoms with Gasteiger partial charge >= 0.3 is 0 Å². The molecule has 5 nitrogen and oxygen atoms in total. The lowest BCUT2D eigenvalue weighted by Gasteiger charge is -2.35. The molecule has 1 aromatic carbocycles. The molecule has 0 amide bonds. The van der Waals surface area contributed by atoms with Gasteiger partial charge in [0.25, 0.3) is 0 Å². The van der Waals surface area contributed by atoms with Crippen LogP contribution in [0.1, 0.15) is 29.7 Å². The molecular formula is C17H16N4O. The van der Waals surface area contributed by atoms with Gasteiger partial charge in [-0.05, 0) is 36.1 Å². The van der Waals surface area contributed by atoms with E-state index in [0.717, 1.165) is 24.7 Å². The van der Waals surface area contributed by atoms with Crippen molar-refractivity contribution in [3.63, 3.8) is 0 Å². The third-order valence-electron chi connectivity index (χ3n) is 4.66. The Hall–Kier alpha value is -2.61. The number of nitrogens with zero attached hydrogens (tertiary/aromatic N) is 4. The summed E-state index contributed by atoms with van der Waals surface area (Å²) in [6.45, 7) is 1.72. The summed E-state index contributed by atoms with van der Waals surface area (Å²) in [5.41, 5.74) is 3.30. The van der Waals surface area contributed by atoms with Crippen molar-refractivity contribution in [3.05, 3.63) is 47.4 Å². The second-order valence-corrected chi connectivity index (χ2v) is 6.03. The van der Waals surface area contributed by atoms with Gasteiger partial charge in [0, 0.05) is 18.5 Å². The Labute approximate surface area is 129 Å². The average Bonchev–Trinajstić information content (AvgIpc) is 3.34. The zero-order chi connectivity index (χ0) is 15.2. The van der Waals surface area contributed by atoms with E-state index in [2.05, 4.69) is 33.1 Å². The van der Waals surface area contributed by atoms with E-state index in [9.17, 15) is 0 Å². The van der Waals surface area contributed by atoms with Crippen LogP contribution in [0.5, 0.6) is 5.75 Å². The molecule has 0 unspecified atom stereocenters. The van der Waals surface area contributed by atoms with Crippen LogP contribution in [-0.2, 0) is 12.0 Å². The van der Waals surface area contributed by atoms with Crippen molar-refractivity contribution in [2.45, 2.75) is 24.8 Å². The van der Waals surface area contributed by atoms with Crippen LogP contribution in [0.3, 0.4) is 0 Å². The van der Waals surface area contributed by atoms with Crippen molar-refractivity contribution in [1.82, 2.24) is 9.97 Å². The van der Waals surface area contributed by atoms with E-state index >= 15 is 0 Å². The second-order valence-electron chi connectivity index (χ2n) is 6.03. The predicted molar refractivity (Wildman–Crippen MR) is 81.7 cm³/mol. The molecule has 1 spiro atoms. The Kier molecular flexibility index (Phi) is 2.80. The Bertz CT molecular complexity index is 776. The highest BCUT2D eigenvalue weighted by Gasteiger charge is 2.49. The highest BCUT2D eigenvalue weighted by atomic mass is 16.5. The van der Waals surface area contributed by atoms with Crippen LogP contribution in [0.15, 0.2) is 30.6 Å². The molecule has 5 heteroatoms. The van der Waals surface area contributed by atoms with Gasteiger partial charge in [-0.3, -0.25) is 4.98 Å². The van der Waals surface area contributed by atoms with Crippen molar-refractivity contribution in [1.29, 1.82) is 5.26 Å². The first kappa shape index (κ1) is 13.1. The molecule has 22 heavy (non-hydrogen) atoms. The summed E-state index contributed by atoms with van der Waals surface area (Å²) in [7, 11) is 1.71. The SMILES string of the molecule is COc1ccc2c(c1)C1(CC1)CN(c1cncc(C#N)n1)C2. The third-order valence-corrected chi connectivity index (χ3v) is 4.66. The van der Waals surface area contributed by atoms with Crippen molar-refractivity contribution < 1.29 is 4.74 Å². The van der Waals surface area contributed by atoms with Gasteiger partial charge in [0.2, 0.25) is 0 Å². The quantitative estimate of drug-likeness (QED) is 0.850. The van der Waals surface area contributed by atoms with E-state index in [0.29, 0.717) is 5.69 Å². The van der Waals surface area contributed by atoms with E-state index < -0.39 is 0 Å². The zero-order valence-corrected chi connectivity index (χ0v) is 12.4. The van der Waals surface area contributed by atoms with E-state index in [1.165, 1.54) is 30.2 Å². The number of hydrogen-bond acceptors (Lipinski definition) is 5. The standard InChI is InChI=1S/C17H16N4O/c1-22-14-3-2-12-10-21(11-17(4-5-17)15(12)6-14)16-9-19-8-13(7-18)20-16/h2-3,6,8-9H,4-5,10-11H2,1H3. The van der Waals surface area contributed by atoms with Gasteiger partial charge in [-0.25, -0.2) is 4.98 Å². The Morgan fingerprint density at radius 3 is 2.91 bits per heavy atom. The molecule has 0 N–H and O–H groups in total. The molecule has 4 rings (SSSR count). The van der Waals surface area contributed by atoms with E-state index in [1.54, 1.807) is 13.3 Å². The highest BCUT2D eigenvalue weighted by Crippen LogP contribution is 2.53. The fourth-order valence-corrected chi connectivity index (χ4v) is 3.33. The number of nitriles is 1. The molecule has 0 atom stereocenters. The van der Waals surface area contributed by atoms with Gasteiger partial charge in [0.15, 0.2) is 5.69 Å². The summed E-state index contributed by atoms with van der Waals surface area (Å²) >= 11 is 0. The highest BCUT2D eigenvalue weighted by molar-refractivity contribution is 5.52. The normalized spacial score (nSPS) is 17.7. The predicted octanol–water partition coefficient (Wildman–Crippen LogP) is 2.41. The lowest BCUT2D eigenvalue weighted by molar-refractivity contribution is 0.412. The summed E-state index contributed by atoms with van der Waals surface area (Å²) in [6, 6.07) is 8.39. The van der Waals surface area contributed by atoms with E-state index in [-0.39, 0.29) is 5.41 Å². The monoisotopic (exact) mass is 292 g/mol. The summed E-state index contributed by atoms with van der Waals surface area (Å²) < 4.78 is 5.37. The van der Waals surface area contributed by atoms with Gasteiger partial charge in [-0.15, -0.1) is 0 Å². The number of ether oxygens (including phenoxy) is 1. The van der Waals surface area contributed by atoms with E-state index in [4.69, 9.17) is 10.00 Å². The molecule has 1 aromatic heterocycles. The van der Waals surface area contributed by atoms with Gasteiger partial charge in [0.05, 0.1) is 19.5 Å². The average molecular weight is 292 g/mol. The maximum absolute atomic E-state index is 9.01. The summed E-state index contributed by atoms with van der Waals surface area (Å²) in [6.07, 6.45) is 5.62. The number of rotatable bonds is 2. The van der Waals surface area contributed by atoms with Crippen LogP contribution in [0.25, 0.3) is 0 Å². The first-order chi connectivity index (χ1) is 10.7. The Morgan fingerprint density at radius 1 is 1.32 bits per heavy atom. The fraction of sp³-hybridized carbons (Fsp3) is 0.353. The summed E-state index contributed by atoms with van der Waals surface area (Å²) in [5.74, 6) is 1.71. The van der Waals surface area contributed by atoms with Crippen LogP contribution in [0.4, 0.5) is 5.82 Å². The number of fused-ring (bicyclic) bond motifs is 2. The summed E-state index contributed by atoms with van der Waals surface area (Å²) in [5, 5.41) is 9.01. The minimum atomic E-state index is 0.215. The third kappa shape index (κ3) is 2.00. The number of hydrogen-bond donors (Lipinski definition) is 0. The molecule has 2 heterocycles. The zero-order valence-electron chi connectivity index (χ0n) is 12.4. The number of anilines is 1. The van der Waals surface area contributed by atoms with Gasteiger partial charge in [0.1, 0.15) is 17.6 Å². The smallest absolute Gasteiger partial charge is 0.161 e. The maximum atomic E-state index is 9.01. The molecule has 2 aliphatic rings. The first-order valence-electron chi connectivity index (χ1n) is 7.39. The summed E-state index contributed by atoms with van der Waals surface area (Å²) in [4.78, 5) is 10.8. The minimum Gasteiger partial charge on any atom is -0.497 e. The van der Waals surface area contributed by atoms with Crippen LogP contribution in [0.2, 0.25) is 0 Å². The van der Waals surface area contributed by atoms with Crippen LogP contribution < -0.4 is 9.64 Å². The van der Waals surface area contributed by atoms with Gasteiger partial charge in [-0.2, -0.15) is 5.26 Å². The maximum Gasteiger partial charge on any atom is 0.161 e. The van der Waals surface area contributed by atoms with Gasteiger partial charge < -0.3 is 9.64 Å². The molecule has 1 aliphatic heterocycles. The lowest BCUT2D eigenvalue weighted by Crippen LogP contribution is -2.38. The molecule has 1 aliphatic carbocycles.